The van der Waals surface area contributed by atoms with Gasteiger partial charge >= 0.3 is 0 Å². The first-order valence-corrected chi connectivity index (χ1v) is 11.4. The van der Waals surface area contributed by atoms with Gasteiger partial charge in [0.2, 0.25) is 0 Å². The van der Waals surface area contributed by atoms with Crippen LogP contribution in [0.4, 0.5) is 0 Å². The lowest BCUT2D eigenvalue weighted by Crippen LogP contribution is -2.15. The minimum absolute atomic E-state index is 0.0144. The van der Waals surface area contributed by atoms with E-state index in [4.69, 9.17) is 18.9 Å². The van der Waals surface area contributed by atoms with Gasteiger partial charge < -0.3 is 24.1 Å². The van der Waals surface area contributed by atoms with Crippen LogP contribution in [0, 0.1) is 0 Å². The molecule has 0 saturated heterocycles. The van der Waals surface area contributed by atoms with E-state index in [1.165, 1.54) is 0 Å². The van der Waals surface area contributed by atoms with Gasteiger partial charge in [0.25, 0.3) is 0 Å². The fourth-order valence-electron chi connectivity index (χ4n) is 3.24. The van der Waals surface area contributed by atoms with Gasteiger partial charge in [-0.05, 0) is 54.7 Å². The predicted molar refractivity (Wildman–Crippen MR) is 127 cm³/mol. The molecule has 8 heteroatoms. The number of ketones is 1. The summed E-state index contributed by atoms with van der Waals surface area (Å²) in [6.45, 7) is 0. The molecule has 0 aliphatic heterocycles. The number of aliphatic hydroxyl groups is 1. The third kappa shape index (κ3) is 7.12. The molecule has 31 heavy (non-hydrogen) atoms. The van der Waals surface area contributed by atoms with Crippen molar-refractivity contribution in [2.75, 3.05) is 28.4 Å². The number of aliphatic hydroxyl groups excluding tert-OH is 1. The summed E-state index contributed by atoms with van der Waals surface area (Å²) < 4.78 is 23.0. The summed E-state index contributed by atoms with van der Waals surface area (Å²) in [5.41, 5.74) is 1.94. The summed E-state index contributed by atoms with van der Waals surface area (Å²) in [5.74, 6) is 2.53. The smallest absolute Gasteiger partial charge is 0.161 e. The van der Waals surface area contributed by atoms with E-state index in [1.54, 1.807) is 28.4 Å². The van der Waals surface area contributed by atoms with Crippen LogP contribution >= 0.6 is 31.9 Å². The number of rotatable bonds is 12. The van der Waals surface area contributed by atoms with Gasteiger partial charge in [-0.25, -0.2) is 0 Å². The van der Waals surface area contributed by atoms with Crippen LogP contribution in [0.5, 0.6) is 23.0 Å². The van der Waals surface area contributed by atoms with Crippen molar-refractivity contribution >= 4 is 37.6 Å². The average Bonchev–Trinajstić information content (AvgIpc) is 2.76. The third-order valence-electron chi connectivity index (χ3n) is 4.99. The second-order valence-corrected chi connectivity index (χ2v) is 8.74. The zero-order valence-corrected chi connectivity index (χ0v) is 21.3. The van der Waals surface area contributed by atoms with E-state index in [1.807, 2.05) is 24.3 Å². The van der Waals surface area contributed by atoms with Crippen LogP contribution in [0.1, 0.15) is 30.4 Å². The quantitative estimate of drug-likeness (QED) is 0.388. The van der Waals surface area contributed by atoms with Gasteiger partial charge in [0.05, 0.1) is 34.5 Å². The number of hydrogen-bond acceptors (Lipinski definition) is 6. The topological polar surface area (TPSA) is 74.2 Å². The van der Waals surface area contributed by atoms with Gasteiger partial charge in [0.15, 0.2) is 23.0 Å². The highest BCUT2D eigenvalue weighted by atomic mass is 79.9. The molecule has 2 aromatic rings. The SMILES string of the molecule is COc1cc(Br)c(CCC(=O)CC(O)CCc2cc(OC)c(OC)cc2Br)cc1OC. The predicted octanol–water partition coefficient (Wildman–Crippen LogP) is 5.13. The maximum absolute atomic E-state index is 12.4. The number of hydrogen-bond donors (Lipinski definition) is 1. The lowest BCUT2D eigenvalue weighted by Gasteiger charge is -2.14. The molecule has 0 spiro atoms. The molecule has 1 N–H and O–H groups in total. The van der Waals surface area contributed by atoms with E-state index in [2.05, 4.69) is 31.9 Å². The van der Waals surface area contributed by atoms with Crippen LogP contribution in [0.2, 0.25) is 0 Å². The maximum atomic E-state index is 12.4. The highest BCUT2D eigenvalue weighted by molar-refractivity contribution is 9.10. The largest absolute Gasteiger partial charge is 0.493 e. The molecule has 0 radical (unpaired) electrons. The summed E-state index contributed by atoms with van der Waals surface area (Å²) in [4.78, 5) is 12.4. The molecule has 1 unspecified atom stereocenters. The van der Waals surface area contributed by atoms with Gasteiger partial charge in [-0.2, -0.15) is 0 Å². The molecule has 0 aromatic heterocycles. The molecular formula is C23H28Br2O6. The van der Waals surface area contributed by atoms with Crippen molar-refractivity contribution in [1.29, 1.82) is 0 Å². The molecule has 0 aliphatic rings. The van der Waals surface area contributed by atoms with E-state index in [0.29, 0.717) is 48.7 Å². The Morgan fingerprint density at radius 3 is 1.68 bits per heavy atom. The first-order chi connectivity index (χ1) is 14.8. The first-order valence-electron chi connectivity index (χ1n) is 9.83. The highest BCUT2D eigenvalue weighted by Gasteiger charge is 2.16. The van der Waals surface area contributed by atoms with Crippen LogP contribution in [0.15, 0.2) is 33.2 Å². The minimum Gasteiger partial charge on any atom is -0.493 e. The Morgan fingerprint density at radius 1 is 0.806 bits per heavy atom. The molecule has 1 atom stereocenters. The zero-order valence-electron chi connectivity index (χ0n) is 18.2. The number of ether oxygens (including phenoxy) is 4. The third-order valence-corrected chi connectivity index (χ3v) is 6.46. The number of methoxy groups -OCH3 is 4. The van der Waals surface area contributed by atoms with E-state index >= 15 is 0 Å². The Balaban J connectivity index is 1.90. The van der Waals surface area contributed by atoms with Crippen molar-refractivity contribution in [3.63, 3.8) is 0 Å². The second-order valence-electron chi connectivity index (χ2n) is 7.03. The fraction of sp³-hybridized carbons (Fsp3) is 0.435. The van der Waals surface area contributed by atoms with Crippen LogP contribution in [0.25, 0.3) is 0 Å². The van der Waals surface area contributed by atoms with E-state index < -0.39 is 6.10 Å². The molecule has 6 nitrogen and oxygen atoms in total. The Kier molecular flexibility index (Phi) is 10.1. The van der Waals surface area contributed by atoms with Gasteiger partial charge in [-0.3, -0.25) is 4.79 Å². The molecule has 2 rings (SSSR count). The number of carbonyl (C=O) groups is 1. The molecule has 0 bridgehead atoms. The Morgan fingerprint density at radius 2 is 1.23 bits per heavy atom. The van der Waals surface area contributed by atoms with Crippen LogP contribution in [-0.4, -0.2) is 45.4 Å². The zero-order chi connectivity index (χ0) is 23.0. The molecule has 0 saturated carbocycles. The van der Waals surface area contributed by atoms with Gasteiger partial charge in [0.1, 0.15) is 5.78 Å². The first kappa shape index (κ1) is 25.5. The lowest BCUT2D eigenvalue weighted by molar-refractivity contribution is -0.121. The summed E-state index contributed by atoms with van der Waals surface area (Å²) in [5, 5.41) is 10.4. The van der Waals surface area contributed by atoms with Gasteiger partial charge in [0, 0.05) is 21.8 Å². The number of Topliss-reactive ketones (excluding diaryl/α,β-unsaturated/α-hetero) is 1. The molecule has 2 aromatic carbocycles. The second kappa shape index (κ2) is 12.3. The van der Waals surface area contributed by atoms with Gasteiger partial charge in [-0.1, -0.05) is 31.9 Å². The number of benzene rings is 2. The van der Waals surface area contributed by atoms with Crippen molar-refractivity contribution < 1.29 is 28.8 Å². The Labute approximate surface area is 200 Å². The summed E-state index contributed by atoms with van der Waals surface area (Å²) in [6.07, 6.45) is 1.38. The molecule has 170 valence electrons. The van der Waals surface area contributed by atoms with Crippen molar-refractivity contribution in [2.45, 2.75) is 38.2 Å². The number of aryl methyl sites for hydroxylation is 2. The van der Waals surface area contributed by atoms with Crippen LogP contribution in [0.3, 0.4) is 0 Å². The minimum atomic E-state index is -0.707. The van der Waals surface area contributed by atoms with Crippen LogP contribution in [-0.2, 0) is 17.6 Å². The van der Waals surface area contributed by atoms with Crippen molar-refractivity contribution in [3.05, 3.63) is 44.3 Å². The van der Waals surface area contributed by atoms with Crippen molar-refractivity contribution in [3.8, 4) is 23.0 Å². The molecule has 0 fully saturated rings. The summed E-state index contributed by atoms with van der Waals surface area (Å²) >= 11 is 7.04. The average molecular weight is 560 g/mol. The normalized spacial score (nSPS) is 11.7. The molecule has 0 aliphatic carbocycles. The highest BCUT2D eigenvalue weighted by Crippen LogP contribution is 2.35. The van der Waals surface area contributed by atoms with Crippen molar-refractivity contribution in [2.24, 2.45) is 0 Å². The van der Waals surface area contributed by atoms with Crippen molar-refractivity contribution in [1.82, 2.24) is 0 Å². The standard InChI is InChI=1S/C23H28Br2O6/c1-28-20-9-14(18(24)12-22(20)30-3)5-7-16(26)11-17(27)8-6-15-10-21(29-2)23(31-4)13-19(15)25/h9-10,12-13,16,26H,5-8,11H2,1-4H3. The number of carbonyl (C=O) groups excluding carboxylic acids is 1. The Hall–Kier alpha value is -1.77. The molecular weight excluding hydrogens is 532 g/mol. The Bertz CT molecular complexity index is 900. The number of halogens is 2. The van der Waals surface area contributed by atoms with E-state index in [0.717, 1.165) is 20.1 Å². The fourth-order valence-corrected chi connectivity index (χ4v) is 4.28. The van der Waals surface area contributed by atoms with E-state index in [-0.39, 0.29) is 12.2 Å². The lowest BCUT2D eigenvalue weighted by atomic mass is 10.00. The van der Waals surface area contributed by atoms with E-state index in [9.17, 15) is 9.90 Å². The van der Waals surface area contributed by atoms with Crippen LogP contribution < -0.4 is 18.9 Å². The monoisotopic (exact) mass is 558 g/mol. The maximum Gasteiger partial charge on any atom is 0.161 e. The molecule has 0 heterocycles. The summed E-state index contributed by atoms with van der Waals surface area (Å²) in [6, 6.07) is 7.41. The van der Waals surface area contributed by atoms with Gasteiger partial charge in [-0.15, -0.1) is 0 Å². The molecule has 0 amide bonds. The summed E-state index contributed by atoms with van der Waals surface area (Å²) in [7, 11) is 6.32.